The molecule has 4 rings (SSSR count). The summed E-state index contributed by atoms with van der Waals surface area (Å²) < 4.78 is 13.1. The number of rotatable bonds is 9. The van der Waals surface area contributed by atoms with Crippen molar-refractivity contribution in [2.75, 3.05) is 27.0 Å². The number of carbonyl (C=O) groups is 1. The highest BCUT2D eigenvalue weighted by molar-refractivity contribution is 7.99. The second-order valence-electron chi connectivity index (χ2n) is 8.21. The van der Waals surface area contributed by atoms with E-state index in [9.17, 15) is 4.79 Å². The van der Waals surface area contributed by atoms with Crippen molar-refractivity contribution in [1.82, 2.24) is 19.7 Å². The summed E-state index contributed by atoms with van der Waals surface area (Å²) in [5, 5.41) is 14.0. The van der Waals surface area contributed by atoms with Crippen LogP contribution in [0.25, 0.3) is 11.4 Å². The van der Waals surface area contributed by atoms with Gasteiger partial charge in [0.25, 0.3) is 0 Å². The van der Waals surface area contributed by atoms with Gasteiger partial charge in [0.05, 0.1) is 20.0 Å². The first-order valence-corrected chi connectivity index (χ1v) is 13.1. The number of aromatic nitrogens is 3. The monoisotopic (exact) mass is 486 g/mol. The van der Waals surface area contributed by atoms with Gasteiger partial charge in [-0.25, -0.2) is 0 Å². The van der Waals surface area contributed by atoms with Gasteiger partial charge in [0, 0.05) is 25.2 Å². The molecule has 0 atom stereocenters. The van der Waals surface area contributed by atoms with Crippen LogP contribution in [0.15, 0.2) is 40.2 Å². The van der Waals surface area contributed by atoms with E-state index < -0.39 is 0 Å². The van der Waals surface area contributed by atoms with Crippen LogP contribution in [0, 0.1) is 0 Å². The fourth-order valence-corrected chi connectivity index (χ4v) is 5.80. The van der Waals surface area contributed by atoms with Gasteiger partial charge >= 0.3 is 0 Å². The van der Waals surface area contributed by atoms with Crippen LogP contribution in [0.3, 0.4) is 0 Å². The third-order valence-corrected chi connectivity index (χ3v) is 7.66. The molecular formula is C24H30N4O3S2. The Labute approximate surface area is 203 Å². The minimum Gasteiger partial charge on any atom is -0.493 e. The van der Waals surface area contributed by atoms with Gasteiger partial charge in [-0.15, -0.1) is 10.2 Å². The third-order valence-electron chi connectivity index (χ3n) is 6.00. The highest BCUT2D eigenvalue weighted by Crippen LogP contribution is 2.38. The lowest BCUT2D eigenvalue weighted by Gasteiger charge is -2.26. The molecule has 0 radical (unpaired) electrons. The van der Waals surface area contributed by atoms with Gasteiger partial charge in [0.15, 0.2) is 22.5 Å². The van der Waals surface area contributed by atoms with Crippen LogP contribution in [0.5, 0.6) is 11.5 Å². The lowest BCUT2D eigenvalue weighted by Crippen LogP contribution is -2.27. The summed E-state index contributed by atoms with van der Waals surface area (Å²) in [5.74, 6) is 2.56. The Morgan fingerprint density at radius 2 is 1.94 bits per heavy atom. The number of hydrogen-bond donors (Lipinski definition) is 0. The zero-order chi connectivity index (χ0) is 23.2. The largest absolute Gasteiger partial charge is 0.493 e. The Morgan fingerprint density at radius 1 is 1.15 bits per heavy atom. The van der Waals surface area contributed by atoms with Crippen molar-refractivity contribution >= 4 is 29.0 Å². The second-order valence-corrected chi connectivity index (χ2v) is 9.93. The number of ether oxygens (including phenoxy) is 2. The number of benzene rings is 1. The molecule has 7 nitrogen and oxygen atoms in total. The van der Waals surface area contributed by atoms with E-state index in [0.29, 0.717) is 29.8 Å². The van der Waals surface area contributed by atoms with E-state index in [-0.39, 0.29) is 5.91 Å². The fourth-order valence-electron chi connectivity index (χ4n) is 4.20. The smallest absolute Gasteiger partial charge is 0.233 e. The molecule has 1 fully saturated rings. The molecule has 33 heavy (non-hydrogen) atoms. The number of carbonyl (C=O) groups excluding carboxylic acids is 1. The minimum absolute atomic E-state index is 0.0806. The number of hydrogen-bond acceptors (Lipinski definition) is 7. The molecule has 0 spiro atoms. The van der Waals surface area contributed by atoms with Crippen LogP contribution < -0.4 is 9.47 Å². The maximum atomic E-state index is 12.8. The van der Waals surface area contributed by atoms with Gasteiger partial charge in [-0.2, -0.15) is 11.3 Å². The van der Waals surface area contributed by atoms with E-state index in [1.807, 2.05) is 30.6 Å². The van der Waals surface area contributed by atoms with Crippen molar-refractivity contribution < 1.29 is 14.3 Å². The zero-order valence-electron chi connectivity index (χ0n) is 19.3. The van der Waals surface area contributed by atoms with Crippen LogP contribution >= 0.6 is 23.1 Å². The zero-order valence-corrected chi connectivity index (χ0v) is 21.0. The molecule has 176 valence electrons. The first-order chi connectivity index (χ1) is 16.1. The average molecular weight is 487 g/mol. The van der Waals surface area contributed by atoms with Crippen LogP contribution in [0.1, 0.15) is 43.7 Å². The van der Waals surface area contributed by atoms with E-state index in [1.165, 1.54) is 31.0 Å². The van der Waals surface area contributed by atoms with E-state index in [1.54, 1.807) is 30.5 Å². The van der Waals surface area contributed by atoms with E-state index in [0.717, 1.165) is 34.9 Å². The number of thiophene rings is 1. The molecule has 0 bridgehead atoms. The van der Waals surface area contributed by atoms with Crippen LogP contribution in [0.2, 0.25) is 0 Å². The second kappa shape index (κ2) is 11.1. The van der Waals surface area contributed by atoms with Crippen molar-refractivity contribution in [3.05, 3.63) is 40.6 Å². The molecule has 1 aliphatic carbocycles. The lowest BCUT2D eigenvalue weighted by atomic mass is 9.95. The molecule has 9 heteroatoms. The highest BCUT2D eigenvalue weighted by atomic mass is 32.2. The van der Waals surface area contributed by atoms with Crippen molar-refractivity contribution in [1.29, 1.82) is 0 Å². The van der Waals surface area contributed by atoms with Gasteiger partial charge in [0.2, 0.25) is 5.91 Å². The van der Waals surface area contributed by atoms with Crippen molar-refractivity contribution in [2.45, 2.75) is 49.8 Å². The molecule has 2 heterocycles. The predicted octanol–water partition coefficient (Wildman–Crippen LogP) is 5.28. The number of methoxy groups -OCH3 is 2. The van der Waals surface area contributed by atoms with E-state index >= 15 is 0 Å². The Bertz CT molecular complexity index is 1060. The quantitative estimate of drug-likeness (QED) is 0.383. The highest BCUT2D eigenvalue weighted by Gasteiger charge is 2.25. The number of amides is 1. The van der Waals surface area contributed by atoms with Crippen LogP contribution in [-0.4, -0.2) is 52.6 Å². The minimum atomic E-state index is 0.0806. The van der Waals surface area contributed by atoms with Gasteiger partial charge < -0.3 is 14.4 Å². The maximum Gasteiger partial charge on any atom is 0.233 e. The topological polar surface area (TPSA) is 69.5 Å². The van der Waals surface area contributed by atoms with E-state index in [4.69, 9.17) is 9.47 Å². The summed E-state index contributed by atoms with van der Waals surface area (Å²) in [6.45, 7) is 0.620. The molecule has 2 aromatic heterocycles. The molecular weight excluding hydrogens is 456 g/mol. The maximum absolute atomic E-state index is 12.8. The molecule has 1 saturated carbocycles. The van der Waals surface area contributed by atoms with Gasteiger partial charge in [0.1, 0.15) is 0 Å². The molecule has 3 aromatic rings. The Morgan fingerprint density at radius 3 is 2.64 bits per heavy atom. The molecule has 1 aromatic carbocycles. The SMILES string of the molecule is COc1ccc(-c2nnc(SCC(=O)N(C)Cc3ccsc3)n2C2CCCCC2)cc1OC. The Hall–Kier alpha value is -2.52. The number of thioether (sulfide) groups is 1. The molecule has 0 aliphatic heterocycles. The third kappa shape index (κ3) is 5.52. The van der Waals surface area contributed by atoms with Crippen molar-refractivity contribution in [3.63, 3.8) is 0 Å². The fraction of sp³-hybridized carbons (Fsp3) is 0.458. The summed E-state index contributed by atoms with van der Waals surface area (Å²) in [7, 11) is 5.11. The lowest BCUT2D eigenvalue weighted by molar-refractivity contribution is -0.127. The molecule has 1 amide bonds. The first kappa shape index (κ1) is 23.6. The van der Waals surface area contributed by atoms with Crippen LogP contribution in [-0.2, 0) is 11.3 Å². The standard InChI is InChI=1S/C24H30N4O3S2/c1-27(14-17-11-12-32-15-17)22(29)16-33-24-26-25-23(28(24)19-7-5-4-6-8-19)18-9-10-20(30-2)21(13-18)31-3/h9-13,15,19H,4-8,14,16H2,1-3H3. The summed E-state index contributed by atoms with van der Waals surface area (Å²) in [4.78, 5) is 14.6. The summed E-state index contributed by atoms with van der Waals surface area (Å²) >= 11 is 3.11. The Kier molecular flexibility index (Phi) is 7.93. The summed E-state index contributed by atoms with van der Waals surface area (Å²) in [6, 6.07) is 8.20. The van der Waals surface area contributed by atoms with Crippen molar-refractivity contribution in [2.24, 2.45) is 0 Å². The average Bonchev–Trinajstić information content (AvgIpc) is 3.52. The van der Waals surface area contributed by atoms with Gasteiger partial charge in [-0.05, 0) is 53.4 Å². The van der Waals surface area contributed by atoms with Crippen molar-refractivity contribution in [3.8, 4) is 22.9 Å². The first-order valence-electron chi connectivity index (χ1n) is 11.2. The summed E-state index contributed by atoms with van der Waals surface area (Å²) in [6.07, 6.45) is 5.84. The van der Waals surface area contributed by atoms with Gasteiger partial charge in [-0.3, -0.25) is 9.36 Å². The Balaban J connectivity index is 1.56. The molecule has 0 saturated heterocycles. The molecule has 1 aliphatic rings. The van der Waals surface area contributed by atoms with Gasteiger partial charge in [-0.1, -0.05) is 31.0 Å². The molecule has 0 N–H and O–H groups in total. The predicted molar refractivity (Wildman–Crippen MR) is 132 cm³/mol. The normalized spacial score (nSPS) is 14.3. The molecule has 0 unspecified atom stereocenters. The van der Waals surface area contributed by atoms with Crippen LogP contribution in [0.4, 0.5) is 0 Å². The van der Waals surface area contributed by atoms with E-state index in [2.05, 4.69) is 26.2 Å². The number of nitrogens with zero attached hydrogens (tertiary/aromatic N) is 4. The summed E-state index contributed by atoms with van der Waals surface area (Å²) in [5.41, 5.74) is 2.08.